The van der Waals surface area contributed by atoms with Crippen LogP contribution in [0.1, 0.15) is 5.56 Å². The molecule has 2 rings (SSSR count). The molecule has 0 saturated carbocycles. The van der Waals surface area contributed by atoms with Crippen molar-refractivity contribution in [3.05, 3.63) is 66.2 Å². The summed E-state index contributed by atoms with van der Waals surface area (Å²) < 4.78 is 52.1. The monoisotopic (exact) mass is 382 g/mol. The van der Waals surface area contributed by atoms with Gasteiger partial charge in [0.15, 0.2) is 0 Å². The maximum absolute atomic E-state index is 12.3. The summed E-state index contributed by atoms with van der Waals surface area (Å²) in [7, 11) is -5.67. The quantitative estimate of drug-likeness (QED) is 0.714. The molecule has 0 heterocycles. The van der Waals surface area contributed by atoms with Gasteiger partial charge in [-0.1, -0.05) is 48.5 Å². The van der Waals surface area contributed by atoms with Gasteiger partial charge in [-0.2, -0.15) is 0 Å². The molecule has 0 aromatic heterocycles. The molecule has 0 atom stereocenters. The minimum atomic E-state index is -3.60. The third kappa shape index (κ3) is 6.15. The van der Waals surface area contributed by atoms with Gasteiger partial charge in [-0.05, 0) is 24.1 Å². The highest BCUT2D eigenvalue weighted by Crippen LogP contribution is 2.15. The van der Waals surface area contributed by atoms with Crippen LogP contribution in [-0.4, -0.2) is 41.9 Å². The van der Waals surface area contributed by atoms with Crippen molar-refractivity contribution in [3.8, 4) is 0 Å². The molecule has 0 spiro atoms. The van der Waals surface area contributed by atoms with E-state index in [9.17, 15) is 16.8 Å². The molecule has 2 aromatic carbocycles. The largest absolute Gasteiger partial charge is 0.273 e. The van der Waals surface area contributed by atoms with Gasteiger partial charge in [0.2, 0.25) is 20.0 Å². The Labute approximate surface area is 149 Å². The molecular formula is C17H22N2O4S2. The summed E-state index contributed by atoms with van der Waals surface area (Å²) in [5.41, 5.74) is 1.46. The lowest BCUT2D eigenvalue weighted by atomic mass is 10.2. The number of hydrogen-bond donors (Lipinski definition) is 1. The Morgan fingerprint density at radius 2 is 1.40 bits per heavy atom. The highest BCUT2D eigenvalue weighted by molar-refractivity contribution is 7.93. The van der Waals surface area contributed by atoms with Crippen molar-refractivity contribution in [1.82, 2.24) is 4.72 Å². The molecule has 6 nitrogen and oxygen atoms in total. The summed E-state index contributed by atoms with van der Waals surface area (Å²) in [6, 6.07) is 17.9. The number of hydrogen-bond acceptors (Lipinski definition) is 4. The van der Waals surface area contributed by atoms with Crippen molar-refractivity contribution in [2.75, 3.05) is 29.4 Å². The van der Waals surface area contributed by atoms with E-state index in [4.69, 9.17) is 0 Å². The number of para-hydroxylation sites is 1. The van der Waals surface area contributed by atoms with E-state index in [-0.39, 0.29) is 18.1 Å². The molecule has 0 bridgehead atoms. The predicted molar refractivity (Wildman–Crippen MR) is 101 cm³/mol. The van der Waals surface area contributed by atoms with Gasteiger partial charge in [0, 0.05) is 13.6 Å². The van der Waals surface area contributed by atoms with E-state index in [0.717, 1.165) is 9.87 Å². The van der Waals surface area contributed by atoms with E-state index in [1.54, 1.807) is 30.3 Å². The summed E-state index contributed by atoms with van der Waals surface area (Å²) >= 11 is 0. The molecule has 0 unspecified atom stereocenters. The zero-order valence-electron chi connectivity index (χ0n) is 14.0. The van der Waals surface area contributed by atoms with Crippen LogP contribution >= 0.6 is 0 Å². The fourth-order valence-corrected chi connectivity index (χ4v) is 4.50. The Hall–Kier alpha value is -1.90. The lowest BCUT2D eigenvalue weighted by molar-refractivity contribution is 0.580. The van der Waals surface area contributed by atoms with Crippen molar-refractivity contribution in [3.63, 3.8) is 0 Å². The van der Waals surface area contributed by atoms with Crippen LogP contribution < -0.4 is 9.03 Å². The van der Waals surface area contributed by atoms with Crippen LogP contribution in [0.3, 0.4) is 0 Å². The number of nitrogens with one attached hydrogen (secondary N) is 1. The highest BCUT2D eigenvalue weighted by Gasteiger charge is 2.19. The smallest absolute Gasteiger partial charge is 0.236 e. The zero-order valence-corrected chi connectivity index (χ0v) is 15.6. The standard InChI is InChI=1S/C17H22N2O4S2/c1-19(17-10-6-3-7-11-17)25(22,23)15-13-18-24(20,21)14-12-16-8-4-2-5-9-16/h2-11,18H,12-15H2,1H3. The second-order valence-corrected chi connectivity index (χ2v) is 9.61. The van der Waals surface area contributed by atoms with Crippen LogP contribution in [0.5, 0.6) is 0 Å². The minimum absolute atomic E-state index is 0.0778. The molecule has 0 aliphatic heterocycles. The first-order valence-electron chi connectivity index (χ1n) is 7.83. The van der Waals surface area contributed by atoms with Gasteiger partial charge in [0.05, 0.1) is 17.2 Å². The first-order valence-corrected chi connectivity index (χ1v) is 11.1. The van der Waals surface area contributed by atoms with Crippen LogP contribution in [-0.2, 0) is 26.5 Å². The van der Waals surface area contributed by atoms with E-state index < -0.39 is 20.0 Å². The van der Waals surface area contributed by atoms with Crippen LogP contribution in [0.4, 0.5) is 5.69 Å². The van der Waals surface area contributed by atoms with Gasteiger partial charge < -0.3 is 0 Å². The fraction of sp³-hybridized carbons (Fsp3) is 0.294. The maximum atomic E-state index is 12.3. The molecule has 25 heavy (non-hydrogen) atoms. The Morgan fingerprint density at radius 3 is 2.00 bits per heavy atom. The molecule has 0 aliphatic carbocycles. The van der Waals surface area contributed by atoms with Crippen LogP contribution in [0.15, 0.2) is 60.7 Å². The van der Waals surface area contributed by atoms with Crippen LogP contribution in [0.25, 0.3) is 0 Å². The molecule has 0 aliphatic rings. The number of nitrogens with zero attached hydrogens (tertiary/aromatic N) is 1. The SMILES string of the molecule is CN(c1ccccc1)S(=O)(=O)CCNS(=O)(=O)CCc1ccccc1. The predicted octanol–water partition coefficient (Wildman–Crippen LogP) is 1.61. The van der Waals surface area contributed by atoms with Gasteiger partial charge in [-0.15, -0.1) is 0 Å². The summed E-state index contributed by atoms with van der Waals surface area (Å²) in [4.78, 5) is 0. The van der Waals surface area contributed by atoms with Gasteiger partial charge in [0.25, 0.3) is 0 Å². The lowest BCUT2D eigenvalue weighted by Gasteiger charge is -2.19. The van der Waals surface area contributed by atoms with Gasteiger partial charge >= 0.3 is 0 Å². The van der Waals surface area contributed by atoms with E-state index in [1.165, 1.54) is 7.05 Å². The molecule has 0 fully saturated rings. The van der Waals surface area contributed by atoms with Crippen molar-refractivity contribution < 1.29 is 16.8 Å². The van der Waals surface area contributed by atoms with Gasteiger partial charge in [0.1, 0.15) is 0 Å². The Bertz CT molecular complexity index is 867. The van der Waals surface area contributed by atoms with E-state index in [0.29, 0.717) is 12.1 Å². The Balaban J connectivity index is 1.86. The third-order valence-electron chi connectivity index (χ3n) is 3.72. The van der Waals surface area contributed by atoms with Crippen molar-refractivity contribution in [1.29, 1.82) is 0 Å². The highest BCUT2D eigenvalue weighted by atomic mass is 32.2. The number of benzene rings is 2. The fourth-order valence-electron chi connectivity index (χ4n) is 2.23. The summed E-state index contributed by atoms with van der Waals surface area (Å²) in [6.45, 7) is -0.156. The molecule has 8 heteroatoms. The lowest BCUT2D eigenvalue weighted by Crippen LogP contribution is -2.36. The molecule has 0 saturated heterocycles. The number of anilines is 1. The molecule has 136 valence electrons. The zero-order chi connectivity index (χ0) is 18.3. The molecule has 1 N–H and O–H groups in total. The summed E-state index contributed by atoms with van der Waals surface area (Å²) in [6.07, 6.45) is 0.382. The molecule has 0 amide bonds. The van der Waals surface area contributed by atoms with Crippen molar-refractivity contribution >= 4 is 25.7 Å². The second-order valence-electron chi connectivity index (χ2n) is 5.57. The van der Waals surface area contributed by atoms with Crippen molar-refractivity contribution in [2.45, 2.75) is 6.42 Å². The van der Waals surface area contributed by atoms with Gasteiger partial charge in [-0.25, -0.2) is 21.6 Å². The normalized spacial score (nSPS) is 12.0. The molecule has 2 aromatic rings. The van der Waals surface area contributed by atoms with E-state index in [1.807, 2.05) is 30.3 Å². The van der Waals surface area contributed by atoms with Gasteiger partial charge in [-0.3, -0.25) is 4.31 Å². The summed E-state index contributed by atoms with van der Waals surface area (Å²) in [5.74, 6) is -0.380. The summed E-state index contributed by atoms with van der Waals surface area (Å²) in [5, 5.41) is 0. The third-order valence-corrected chi connectivity index (χ3v) is 6.87. The number of sulfonamides is 2. The average molecular weight is 383 g/mol. The molecule has 0 radical (unpaired) electrons. The maximum Gasteiger partial charge on any atom is 0.236 e. The second kappa shape index (κ2) is 8.46. The van der Waals surface area contributed by atoms with Crippen LogP contribution in [0.2, 0.25) is 0 Å². The number of aryl methyl sites for hydroxylation is 1. The topological polar surface area (TPSA) is 83.6 Å². The average Bonchev–Trinajstić information content (AvgIpc) is 2.61. The number of rotatable bonds is 9. The van der Waals surface area contributed by atoms with E-state index in [2.05, 4.69) is 4.72 Å². The first-order chi connectivity index (χ1) is 11.8. The Morgan fingerprint density at radius 1 is 0.840 bits per heavy atom. The van der Waals surface area contributed by atoms with E-state index >= 15 is 0 Å². The first kappa shape index (κ1) is 19.4. The molecular weight excluding hydrogens is 360 g/mol. The minimum Gasteiger partial charge on any atom is -0.273 e. The van der Waals surface area contributed by atoms with Crippen LogP contribution in [0, 0.1) is 0 Å². The Kier molecular flexibility index (Phi) is 6.57. The van der Waals surface area contributed by atoms with Crippen molar-refractivity contribution in [2.24, 2.45) is 0 Å².